The summed E-state index contributed by atoms with van der Waals surface area (Å²) in [7, 11) is 1.70. The van der Waals surface area contributed by atoms with Crippen molar-refractivity contribution in [2.45, 2.75) is 5.03 Å². The molecule has 3 N–H and O–H groups in total. The van der Waals surface area contributed by atoms with Gasteiger partial charge >= 0.3 is 5.97 Å². The smallest absolute Gasteiger partial charge is 0.354 e. The zero-order chi connectivity index (χ0) is 11.9. The van der Waals surface area contributed by atoms with Gasteiger partial charge in [-0.25, -0.2) is 4.79 Å². The van der Waals surface area contributed by atoms with Gasteiger partial charge in [0.15, 0.2) is 5.69 Å². The highest BCUT2D eigenvalue weighted by molar-refractivity contribution is 7.98. The van der Waals surface area contributed by atoms with Crippen LogP contribution >= 0.6 is 11.8 Å². The summed E-state index contributed by atoms with van der Waals surface area (Å²) >= 11 is 1.37. The van der Waals surface area contributed by atoms with Crippen LogP contribution in [0.5, 0.6) is 0 Å². The first kappa shape index (κ1) is 10.9. The number of aromatic carboxylic acids is 1. The Morgan fingerprint density at radius 3 is 2.81 bits per heavy atom. The van der Waals surface area contributed by atoms with Crippen LogP contribution in [0.25, 0.3) is 0 Å². The molecule has 6 nitrogen and oxygen atoms in total. The number of fused-ring (bicyclic) bond motifs is 1. The number of aromatic amines is 1. The quantitative estimate of drug-likeness (QED) is 0.667. The van der Waals surface area contributed by atoms with E-state index in [0.29, 0.717) is 16.4 Å². The number of amides is 1. The molecule has 1 aromatic rings. The van der Waals surface area contributed by atoms with Gasteiger partial charge in [-0.3, -0.25) is 4.79 Å². The maximum absolute atomic E-state index is 11.4. The molecule has 0 saturated carbocycles. The molecule has 1 aromatic heterocycles. The maximum atomic E-state index is 11.4. The van der Waals surface area contributed by atoms with Crippen molar-refractivity contribution in [3.8, 4) is 0 Å². The molecule has 0 bridgehead atoms. The van der Waals surface area contributed by atoms with E-state index >= 15 is 0 Å². The first-order valence-electron chi connectivity index (χ1n) is 4.58. The summed E-state index contributed by atoms with van der Waals surface area (Å²) in [5, 5.41) is 12.4. The van der Waals surface area contributed by atoms with E-state index in [-0.39, 0.29) is 18.1 Å². The van der Waals surface area contributed by atoms with Gasteiger partial charge in [-0.2, -0.15) is 0 Å². The molecule has 0 saturated heterocycles. The highest BCUT2D eigenvalue weighted by Gasteiger charge is 2.29. The zero-order valence-corrected chi connectivity index (χ0v) is 9.64. The highest BCUT2D eigenvalue weighted by atomic mass is 32.2. The summed E-state index contributed by atoms with van der Waals surface area (Å²) in [6.45, 7) is 0.166. The third-order valence-corrected chi connectivity index (χ3v) is 3.10. The minimum atomic E-state index is -1.03. The van der Waals surface area contributed by atoms with E-state index in [9.17, 15) is 9.59 Å². The molecule has 1 aliphatic heterocycles. The monoisotopic (exact) mass is 241 g/mol. The summed E-state index contributed by atoms with van der Waals surface area (Å²) in [6, 6.07) is 0. The van der Waals surface area contributed by atoms with E-state index in [2.05, 4.69) is 10.3 Å². The number of carboxylic acids is 1. The molecule has 1 aliphatic rings. The van der Waals surface area contributed by atoms with Gasteiger partial charge in [0.1, 0.15) is 0 Å². The Morgan fingerprint density at radius 2 is 2.25 bits per heavy atom. The van der Waals surface area contributed by atoms with Crippen LogP contribution in [-0.2, 0) is 4.79 Å². The van der Waals surface area contributed by atoms with Gasteiger partial charge < -0.3 is 20.3 Å². The first-order valence-corrected chi connectivity index (χ1v) is 5.81. The van der Waals surface area contributed by atoms with Gasteiger partial charge in [-0.05, 0) is 6.26 Å². The maximum Gasteiger partial charge on any atom is 0.354 e. The predicted octanol–water partition coefficient (Wildman–Crippen LogP) is 0.823. The Morgan fingerprint density at radius 1 is 1.56 bits per heavy atom. The number of carbonyl (C=O) groups is 2. The second-order valence-electron chi connectivity index (χ2n) is 3.47. The number of rotatable bonds is 2. The molecular weight excluding hydrogens is 230 g/mol. The number of nitrogens with one attached hydrogen (secondary N) is 2. The molecule has 0 aromatic carbocycles. The Labute approximate surface area is 96.0 Å². The van der Waals surface area contributed by atoms with E-state index in [1.807, 2.05) is 6.26 Å². The van der Waals surface area contributed by atoms with Crippen molar-refractivity contribution in [2.75, 3.05) is 30.1 Å². The molecular formula is C9H11N3O3S. The Balaban J connectivity index is 2.61. The largest absolute Gasteiger partial charge is 0.477 e. The van der Waals surface area contributed by atoms with Gasteiger partial charge in [-0.15, -0.1) is 11.8 Å². The van der Waals surface area contributed by atoms with E-state index in [1.54, 1.807) is 11.9 Å². The fourth-order valence-electron chi connectivity index (χ4n) is 1.75. The van der Waals surface area contributed by atoms with Gasteiger partial charge in [0.05, 0.1) is 22.9 Å². The number of carbonyl (C=O) groups excluding carboxylic acids is 1. The van der Waals surface area contributed by atoms with Crippen LogP contribution in [0.4, 0.5) is 11.4 Å². The molecule has 2 rings (SSSR count). The average molecular weight is 241 g/mol. The van der Waals surface area contributed by atoms with E-state index in [1.165, 1.54) is 11.8 Å². The van der Waals surface area contributed by atoms with Gasteiger partial charge in [-0.1, -0.05) is 0 Å². The lowest BCUT2D eigenvalue weighted by atomic mass is 10.2. The number of H-pyrrole nitrogens is 1. The summed E-state index contributed by atoms with van der Waals surface area (Å²) in [6.07, 6.45) is 1.82. The lowest BCUT2D eigenvalue weighted by molar-refractivity contribution is -0.115. The number of likely N-dealkylation sites (N-methyl/N-ethyl adjacent to an activating group) is 1. The van der Waals surface area contributed by atoms with E-state index in [4.69, 9.17) is 5.11 Å². The predicted molar refractivity (Wildman–Crippen MR) is 61.4 cm³/mol. The van der Waals surface area contributed by atoms with Crippen LogP contribution < -0.4 is 10.2 Å². The zero-order valence-electron chi connectivity index (χ0n) is 8.83. The number of thioether (sulfide) groups is 1. The standard InChI is InChI=1S/C9H11N3O3S/c1-12-3-4(13)10-5-7(12)6(9(14)15)11-8(5)16-2/h11H,3H2,1-2H3,(H,10,13)(H,14,15). The second-order valence-corrected chi connectivity index (χ2v) is 4.28. The lowest BCUT2D eigenvalue weighted by Gasteiger charge is -2.25. The Hall–Kier alpha value is -1.63. The minimum Gasteiger partial charge on any atom is -0.477 e. The van der Waals surface area contributed by atoms with Crippen molar-refractivity contribution < 1.29 is 14.7 Å². The fraction of sp³-hybridized carbons (Fsp3) is 0.333. The highest BCUT2D eigenvalue weighted by Crippen LogP contribution is 2.39. The van der Waals surface area contributed by atoms with Crippen LogP contribution in [0.15, 0.2) is 5.03 Å². The summed E-state index contributed by atoms with van der Waals surface area (Å²) in [5.74, 6) is -1.17. The number of hydrogen-bond acceptors (Lipinski definition) is 4. The first-order chi connectivity index (χ1) is 7.54. The van der Waals surface area contributed by atoms with Gasteiger partial charge in [0, 0.05) is 7.05 Å². The van der Waals surface area contributed by atoms with Gasteiger partial charge in [0.25, 0.3) is 0 Å². The van der Waals surface area contributed by atoms with Crippen molar-refractivity contribution >= 4 is 35.0 Å². The van der Waals surface area contributed by atoms with Crippen molar-refractivity contribution in [3.05, 3.63) is 5.69 Å². The van der Waals surface area contributed by atoms with Crippen LogP contribution in [-0.4, -0.2) is 41.8 Å². The molecule has 0 aliphatic carbocycles. The third kappa shape index (κ3) is 1.53. The minimum absolute atomic E-state index is 0.113. The number of nitrogens with zero attached hydrogens (tertiary/aromatic N) is 1. The molecule has 0 atom stereocenters. The molecule has 16 heavy (non-hydrogen) atoms. The molecule has 2 heterocycles. The molecule has 0 unspecified atom stereocenters. The normalized spacial score (nSPS) is 14.6. The third-order valence-electron chi connectivity index (χ3n) is 2.38. The molecule has 0 spiro atoms. The molecule has 0 fully saturated rings. The van der Waals surface area contributed by atoms with Crippen LogP contribution in [0, 0.1) is 0 Å². The van der Waals surface area contributed by atoms with Crippen molar-refractivity contribution in [3.63, 3.8) is 0 Å². The number of anilines is 2. The summed E-state index contributed by atoms with van der Waals surface area (Å²) in [4.78, 5) is 26.8. The van der Waals surface area contributed by atoms with Crippen LogP contribution in [0.3, 0.4) is 0 Å². The Bertz CT molecular complexity index is 469. The van der Waals surface area contributed by atoms with Crippen molar-refractivity contribution in [1.82, 2.24) is 4.98 Å². The second kappa shape index (κ2) is 3.75. The Kier molecular flexibility index (Phi) is 2.55. The van der Waals surface area contributed by atoms with Crippen molar-refractivity contribution in [1.29, 1.82) is 0 Å². The van der Waals surface area contributed by atoms with E-state index < -0.39 is 5.97 Å². The number of hydrogen-bond donors (Lipinski definition) is 3. The lowest BCUT2D eigenvalue weighted by Crippen LogP contribution is -2.35. The molecule has 0 radical (unpaired) electrons. The van der Waals surface area contributed by atoms with Gasteiger partial charge in [0.2, 0.25) is 5.91 Å². The van der Waals surface area contributed by atoms with Crippen LogP contribution in [0.1, 0.15) is 10.5 Å². The number of carboxylic acid groups (broad SMARTS) is 1. The number of aromatic nitrogens is 1. The topological polar surface area (TPSA) is 85.4 Å². The summed E-state index contributed by atoms with van der Waals surface area (Å²) < 4.78 is 0. The molecule has 7 heteroatoms. The molecule has 1 amide bonds. The van der Waals surface area contributed by atoms with Crippen molar-refractivity contribution in [2.24, 2.45) is 0 Å². The van der Waals surface area contributed by atoms with E-state index in [0.717, 1.165) is 0 Å². The SMILES string of the molecule is CSc1[nH]c(C(=O)O)c2c1NC(=O)CN2C. The summed E-state index contributed by atoms with van der Waals surface area (Å²) in [5.41, 5.74) is 1.21. The molecule has 86 valence electrons. The fourth-order valence-corrected chi connectivity index (χ4v) is 2.30. The van der Waals surface area contributed by atoms with Crippen LogP contribution in [0.2, 0.25) is 0 Å². The average Bonchev–Trinajstić information content (AvgIpc) is 2.56.